The molecule has 24 heavy (non-hydrogen) atoms. The molecule has 0 bridgehead atoms. The summed E-state index contributed by atoms with van der Waals surface area (Å²) in [5.74, 6) is 0. The van der Waals surface area contributed by atoms with E-state index < -0.39 is 0 Å². The van der Waals surface area contributed by atoms with Crippen LogP contribution in [0.4, 0.5) is 0 Å². The lowest BCUT2D eigenvalue weighted by molar-refractivity contribution is 0.282. The summed E-state index contributed by atoms with van der Waals surface area (Å²) in [6.45, 7) is 3.95. The number of nitrogens with one attached hydrogen (secondary N) is 1. The van der Waals surface area contributed by atoms with Crippen molar-refractivity contribution in [1.82, 2.24) is 20.1 Å². The van der Waals surface area contributed by atoms with Crippen LogP contribution in [0.1, 0.15) is 22.3 Å². The highest BCUT2D eigenvalue weighted by Gasteiger charge is 2.03. The summed E-state index contributed by atoms with van der Waals surface area (Å²) in [6, 6.07) is 14.5. The van der Waals surface area contributed by atoms with Gasteiger partial charge in [0.05, 0.1) is 12.3 Å². The van der Waals surface area contributed by atoms with E-state index in [9.17, 15) is 0 Å². The summed E-state index contributed by atoms with van der Waals surface area (Å²) in [7, 11) is 0. The van der Waals surface area contributed by atoms with Crippen molar-refractivity contribution in [1.29, 1.82) is 0 Å². The average Bonchev–Trinajstić information content (AvgIpc) is 3.14. The summed E-state index contributed by atoms with van der Waals surface area (Å²) in [6.07, 6.45) is 4.23. The first-order valence-corrected chi connectivity index (χ1v) is 8.10. The Bertz CT molecular complexity index is 767. The van der Waals surface area contributed by atoms with E-state index in [0.29, 0.717) is 0 Å². The van der Waals surface area contributed by atoms with Gasteiger partial charge in [-0.05, 0) is 48.2 Å². The van der Waals surface area contributed by atoms with E-state index >= 15 is 0 Å². The van der Waals surface area contributed by atoms with Crippen molar-refractivity contribution in [2.75, 3.05) is 6.54 Å². The molecule has 0 spiro atoms. The molecule has 3 rings (SSSR count). The number of benzene rings is 2. The number of hydrogen-bond donors (Lipinski definition) is 2. The molecule has 0 aliphatic heterocycles. The summed E-state index contributed by atoms with van der Waals surface area (Å²) in [5.41, 5.74) is 5.72. The summed E-state index contributed by atoms with van der Waals surface area (Å²) >= 11 is 0. The first-order chi connectivity index (χ1) is 11.8. The van der Waals surface area contributed by atoms with Crippen molar-refractivity contribution >= 4 is 0 Å². The van der Waals surface area contributed by atoms with E-state index in [-0.39, 0.29) is 6.61 Å². The molecule has 2 aromatic carbocycles. The number of nitrogens with zero attached hydrogens (tertiary/aromatic N) is 3. The Morgan fingerprint density at radius 2 is 1.79 bits per heavy atom. The molecule has 0 aliphatic carbocycles. The van der Waals surface area contributed by atoms with Gasteiger partial charge in [0.25, 0.3) is 0 Å². The number of rotatable bonds is 7. The first kappa shape index (κ1) is 16.4. The van der Waals surface area contributed by atoms with Crippen molar-refractivity contribution in [3.63, 3.8) is 0 Å². The molecule has 0 unspecified atom stereocenters. The molecule has 5 nitrogen and oxygen atoms in total. The maximum Gasteiger partial charge on any atom is 0.138 e. The van der Waals surface area contributed by atoms with Gasteiger partial charge in [0.2, 0.25) is 0 Å². The molecule has 124 valence electrons. The van der Waals surface area contributed by atoms with Crippen LogP contribution in [0.3, 0.4) is 0 Å². The molecule has 0 fully saturated rings. The minimum atomic E-state index is 0.0997. The lowest BCUT2D eigenvalue weighted by Gasteiger charge is -2.09. The molecular formula is C19H22N4O. The molecule has 0 radical (unpaired) electrons. The summed E-state index contributed by atoms with van der Waals surface area (Å²) in [4.78, 5) is 3.99. The Labute approximate surface area is 142 Å². The summed E-state index contributed by atoms with van der Waals surface area (Å²) < 4.78 is 1.78. The zero-order valence-corrected chi connectivity index (χ0v) is 13.8. The minimum absolute atomic E-state index is 0.0997. The van der Waals surface area contributed by atoms with Crippen LogP contribution in [0.5, 0.6) is 0 Å². The van der Waals surface area contributed by atoms with Gasteiger partial charge < -0.3 is 10.4 Å². The highest BCUT2D eigenvalue weighted by Crippen LogP contribution is 2.14. The molecule has 1 aromatic heterocycles. The fourth-order valence-corrected chi connectivity index (χ4v) is 2.69. The van der Waals surface area contributed by atoms with Crippen LogP contribution in [0, 0.1) is 6.92 Å². The predicted octanol–water partition coefficient (Wildman–Crippen LogP) is 2.40. The largest absolute Gasteiger partial charge is 0.392 e. The van der Waals surface area contributed by atoms with Gasteiger partial charge in [0.15, 0.2) is 0 Å². The van der Waals surface area contributed by atoms with Crippen LogP contribution in [-0.2, 0) is 19.6 Å². The fraction of sp³-hybridized carbons (Fsp3) is 0.263. The normalized spacial score (nSPS) is 10.9. The third-order valence-corrected chi connectivity index (χ3v) is 4.05. The monoisotopic (exact) mass is 322 g/mol. The number of aromatic nitrogens is 3. The van der Waals surface area contributed by atoms with E-state index in [1.54, 1.807) is 17.3 Å². The van der Waals surface area contributed by atoms with Gasteiger partial charge >= 0.3 is 0 Å². The number of aliphatic hydroxyl groups excluding tert-OH is 1. The van der Waals surface area contributed by atoms with Crippen LogP contribution >= 0.6 is 0 Å². The Morgan fingerprint density at radius 3 is 2.46 bits per heavy atom. The maximum atomic E-state index is 9.05. The van der Waals surface area contributed by atoms with E-state index in [0.717, 1.165) is 30.8 Å². The van der Waals surface area contributed by atoms with Crippen LogP contribution in [0.25, 0.3) is 5.69 Å². The topological polar surface area (TPSA) is 63.0 Å². The van der Waals surface area contributed by atoms with E-state index in [1.807, 2.05) is 12.1 Å². The van der Waals surface area contributed by atoms with Gasteiger partial charge in [0, 0.05) is 6.54 Å². The fourth-order valence-electron chi connectivity index (χ4n) is 2.69. The predicted molar refractivity (Wildman–Crippen MR) is 93.9 cm³/mol. The first-order valence-electron chi connectivity index (χ1n) is 8.10. The van der Waals surface area contributed by atoms with Crippen molar-refractivity contribution in [2.45, 2.75) is 26.5 Å². The highest BCUT2D eigenvalue weighted by atomic mass is 16.3. The molecule has 0 amide bonds. The molecular weight excluding hydrogens is 300 g/mol. The Kier molecular flexibility index (Phi) is 5.36. The molecule has 1 heterocycles. The lowest BCUT2D eigenvalue weighted by atomic mass is 10.1. The zero-order valence-electron chi connectivity index (χ0n) is 13.8. The van der Waals surface area contributed by atoms with Crippen molar-refractivity contribution < 1.29 is 5.11 Å². The maximum absolute atomic E-state index is 9.05. The average molecular weight is 322 g/mol. The van der Waals surface area contributed by atoms with Crippen LogP contribution in [0.2, 0.25) is 0 Å². The van der Waals surface area contributed by atoms with Gasteiger partial charge in [-0.1, -0.05) is 36.4 Å². The van der Waals surface area contributed by atoms with Crippen molar-refractivity contribution in [3.05, 3.63) is 77.4 Å². The second kappa shape index (κ2) is 7.86. The van der Waals surface area contributed by atoms with Gasteiger partial charge in [-0.25, -0.2) is 9.67 Å². The second-order valence-electron chi connectivity index (χ2n) is 5.86. The quantitative estimate of drug-likeness (QED) is 0.656. The van der Waals surface area contributed by atoms with Crippen LogP contribution < -0.4 is 5.32 Å². The molecule has 0 saturated heterocycles. The van der Waals surface area contributed by atoms with Crippen molar-refractivity contribution in [3.8, 4) is 5.69 Å². The van der Waals surface area contributed by atoms with E-state index in [1.165, 1.54) is 16.7 Å². The molecule has 0 saturated carbocycles. The lowest BCUT2D eigenvalue weighted by Crippen LogP contribution is -2.17. The van der Waals surface area contributed by atoms with Gasteiger partial charge in [-0.15, -0.1) is 0 Å². The molecule has 5 heteroatoms. The minimum Gasteiger partial charge on any atom is -0.392 e. The highest BCUT2D eigenvalue weighted by molar-refractivity contribution is 5.41. The SMILES string of the molecule is Cc1cc(CNCCc2ccc(CO)cc2)ccc1-n1cncn1. The third kappa shape index (κ3) is 4.07. The molecule has 2 N–H and O–H groups in total. The molecule has 0 atom stereocenters. The molecule has 3 aromatic rings. The zero-order chi connectivity index (χ0) is 16.8. The Hall–Kier alpha value is -2.50. The Balaban J connectivity index is 1.50. The number of aliphatic hydroxyl groups is 1. The van der Waals surface area contributed by atoms with Crippen LogP contribution in [0.15, 0.2) is 55.1 Å². The Morgan fingerprint density at radius 1 is 1.04 bits per heavy atom. The standard InChI is InChI=1S/C19H22N4O/c1-15-10-18(6-7-19(15)23-14-21-13-22-23)11-20-9-8-16-2-4-17(12-24)5-3-16/h2-7,10,13-14,20,24H,8-9,11-12H2,1H3. The van der Waals surface area contributed by atoms with Gasteiger partial charge in [-0.2, -0.15) is 5.10 Å². The number of hydrogen-bond acceptors (Lipinski definition) is 4. The third-order valence-electron chi connectivity index (χ3n) is 4.05. The number of aryl methyl sites for hydroxylation is 1. The van der Waals surface area contributed by atoms with E-state index in [2.05, 4.69) is 52.7 Å². The summed E-state index contributed by atoms with van der Waals surface area (Å²) in [5, 5.41) is 16.7. The second-order valence-corrected chi connectivity index (χ2v) is 5.86. The smallest absolute Gasteiger partial charge is 0.138 e. The molecule has 0 aliphatic rings. The van der Waals surface area contributed by atoms with Crippen LogP contribution in [-0.4, -0.2) is 26.4 Å². The van der Waals surface area contributed by atoms with Gasteiger partial charge in [0.1, 0.15) is 12.7 Å². The van der Waals surface area contributed by atoms with E-state index in [4.69, 9.17) is 5.11 Å². The van der Waals surface area contributed by atoms with Gasteiger partial charge in [-0.3, -0.25) is 0 Å². The van der Waals surface area contributed by atoms with Crippen molar-refractivity contribution in [2.24, 2.45) is 0 Å².